The Balaban J connectivity index is 2.22. The molecule has 1 heterocycles. The largest absolute Gasteiger partial charge is 0.310 e. The molecule has 2 aromatic rings. The lowest BCUT2D eigenvalue weighted by Crippen LogP contribution is -2.29. The number of nitrogens with two attached hydrogens (primary N) is 1. The number of hydrogen-bond donors (Lipinski definition) is 2. The number of hydrogen-bond acceptors (Lipinski definition) is 3. The van der Waals surface area contributed by atoms with Gasteiger partial charge in [0, 0.05) is 22.3 Å². The molecule has 0 spiro atoms. The van der Waals surface area contributed by atoms with E-state index in [0.29, 0.717) is 12.1 Å². The van der Waals surface area contributed by atoms with Gasteiger partial charge < -0.3 is 4.57 Å². The summed E-state index contributed by atoms with van der Waals surface area (Å²) < 4.78 is 2.42. The van der Waals surface area contributed by atoms with Crippen molar-refractivity contribution in [2.75, 3.05) is 0 Å². The van der Waals surface area contributed by atoms with Gasteiger partial charge in [-0.25, -0.2) is 5.84 Å². The Bertz CT molecular complexity index is 650. The van der Waals surface area contributed by atoms with Gasteiger partial charge in [0.1, 0.15) is 0 Å². The van der Waals surface area contributed by atoms with Crippen LogP contribution < -0.4 is 16.8 Å². The van der Waals surface area contributed by atoms with Crippen molar-refractivity contribution in [2.24, 2.45) is 5.84 Å². The van der Waals surface area contributed by atoms with Crippen molar-refractivity contribution in [1.82, 2.24) is 9.99 Å². The van der Waals surface area contributed by atoms with Gasteiger partial charge in [-0.05, 0) is 39.7 Å². The van der Waals surface area contributed by atoms with Crippen LogP contribution in [-0.2, 0) is 6.54 Å². The van der Waals surface area contributed by atoms with Gasteiger partial charge in [0.25, 0.3) is 11.5 Å². The molecular weight excluding hydrogens is 310 g/mol. The second-order valence-corrected chi connectivity index (χ2v) is 4.90. The number of carbonyl (C=O) groups is 1. The number of rotatable bonds is 3. The maximum absolute atomic E-state index is 11.7. The first-order valence-corrected chi connectivity index (χ1v) is 6.35. The maximum Gasteiger partial charge on any atom is 0.265 e. The molecule has 98 valence electrons. The van der Waals surface area contributed by atoms with E-state index in [2.05, 4.69) is 21.4 Å². The summed E-state index contributed by atoms with van der Waals surface area (Å²) in [4.78, 5) is 22.9. The van der Waals surface area contributed by atoms with Gasteiger partial charge in [-0.2, -0.15) is 0 Å². The van der Waals surface area contributed by atoms with E-state index in [1.54, 1.807) is 41.1 Å². The average molecular weight is 322 g/mol. The minimum Gasteiger partial charge on any atom is -0.310 e. The number of nitrogens with one attached hydrogen (secondary N) is 1. The fourth-order valence-corrected chi connectivity index (χ4v) is 2.05. The third-order valence-electron chi connectivity index (χ3n) is 2.65. The second-order valence-electron chi connectivity index (χ2n) is 3.98. The van der Waals surface area contributed by atoms with Crippen molar-refractivity contribution in [1.29, 1.82) is 0 Å². The van der Waals surface area contributed by atoms with E-state index in [-0.39, 0.29) is 11.5 Å². The summed E-state index contributed by atoms with van der Waals surface area (Å²) in [5, 5.41) is 0. The fourth-order valence-electron chi connectivity index (χ4n) is 1.67. The van der Waals surface area contributed by atoms with Crippen molar-refractivity contribution in [2.45, 2.75) is 6.54 Å². The van der Waals surface area contributed by atoms with E-state index < -0.39 is 0 Å². The number of aromatic nitrogens is 1. The van der Waals surface area contributed by atoms with Gasteiger partial charge in [0.2, 0.25) is 0 Å². The van der Waals surface area contributed by atoms with E-state index in [1.807, 2.05) is 0 Å². The summed E-state index contributed by atoms with van der Waals surface area (Å²) in [6.45, 7) is 0.447. The quantitative estimate of drug-likeness (QED) is 0.507. The standard InChI is InChI=1S/C13H12BrN3O2/c14-11-5-6-12(18)17(8-11)7-9-1-3-10(4-2-9)13(19)16-15/h1-6,8H,7,15H2,(H,16,19). The second kappa shape index (κ2) is 5.81. The summed E-state index contributed by atoms with van der Waals surface area (Å²) in [7, 11) is 0. The lowest BCUT2D eigenvalue weighted by Gasteiger charge is -2.07. The number of nitrogens with zero attached hydrogens (tertiary/aromatic N) is 1. The van der Waals surface area contributed by atoms with Crippen LogP contribution in [0.15, 0.2) is 51.9 Å². The lowest BCUT2D eigenvalue weighted by molar-refractivity contribution is 0.0953. The highest BCUT2D eigenvalue weighted by atomic mass is 79.9. The maximum atomic E-state index is 11.7. The van der Waals surface area contributed by atoms with Crippen molar-refractivity contribution in [3.05, 3.63) is 68.5 Å². The normalized spacial score (nSPS) is 10.2. The van der Waals surface area contributed by atoms with E-state index >= 15 is 0 Å². The van der Waals surface area contributed by atoms with Crippen LogP contribution >= 0.6 is 15.9 Å². The summed E-state index contributed by atoms with van der Waals surface area (Å²) in [6.07, 6.45) is 1.73. The number of nitrogen functional groups attached to an aromatic ring is 1. The highest BCUT2D eigenvalue weighted by Gasteiger charge is 2.03. The minimum atomic E-state index is -0.342. The van der Waals surface area contributed by atoms with Crippen molar-refractivity contribution in [3.63, 3.8) is 0 Å². The Morgan fingerprint density at radius 3 is 2.53 bits per heavy atom. The molecule has 0 radical (unpaired) electrons. The third kappa shape index (κ3) is 3.30. The number of benzene rings is 1. The first-order valence-electron chi connectivity index (χ1n) is 5.56. The zero-order valence-corrected chi connectivity index (χ0v) is 11.6. The molecule has 0 fully saturated rings. The Kier molecular flexibility index (Phi) is 4.13. The van der Waals surface area contributed by atoms with E-state index in [1.165, 1.54) is 6.07 Å². The molecule has 0 aliphatic heterocycles. The Morgan fingerprint density at radius 2 is 1.89 bits per heavy atom. The van der Waals surface area contributed by atoms with Gasteiger partial charge in [-0.15, -0.1) is 0 Å². The SMILES string of the molecule is NNC(=O)c1ccc(Cn2cc(Br)ccc2=O)cc1. The number of hydrazine groups is 1. The summed E-state index contributed by atoms with van der Waals surface area (Å²) >= 11 is 3.32. The van der Waals surface area contributed by atoms with Gasteiger partial charge in [-0.1, -0.05) is 12.1 Å². The number of carbonyl (C=O) groups excluding carboxylic acids is 1. The molecule has 5 nitrogen and oxygen atoms in total. The van der Waals surface area contributed by atoms with E-state index in [4.69, 9.17) is 5.84 Å². The predicted octanol–water partition coefficient (Wildman–Crippen LogP) is 1.26. The zero-order chi connectivity index (χ0) is 13.8. The van der Waals surface area contributed by atoms with Gasteiger partial charge in [0.05, 0.1) is 6.54 Å². The van der Waals surface area contributed by atoms with Crippen molar-refractivity contribution >= 4 is 21.8 Å². The molecular formula is C13H12BrN3O2. The van der Waals surface area contributed by atoms with Crippen LogP contribution in [0.25, 0.3) is 0 Å². The van der Waals surface area contributed by atoms with Crippen LogP contribution in [0.3, 0.4) is 0 Å². The molecule has 0 aliphatic carbocycles. The summed E-state index contributed by atoms with van der Waals surface area (Å²) in [5.41, 5.74) is 3.39. The molecule has 0 saturated heterocycles. The van der Waals surface area contributed by atoms with Gasteiger partial charge >= 0.3 is 0 Å². The molecule has 2 rings (SSSR count). The number of pyridine rings is 1. The Labute approximate surface area is 118 Å². The molecule has 19 heavy (non-hydrogen) atoms. The van der Waals surface area contributed by atoms with Gasteiger partial charge in [-0.3, -0.25) is 15.0 Å². The molecule has 1 aromatic heterocycles. The minimum absolute atomic E-state index is 0.0769. The van der Waals surface area contributed by atoms with Crippen molar-refractivity contribution in [3.8, 4) is 0 Å². The third-order valence-corrected chi connectivity index (χ3v) is 3.12. The topological polar surface area (TPSA) is 77.1 Å². The summed E-state index contributed by atoms with van der Waals surface area (Å²) in [6, 6.07) is 10.1. The van der Waals surface area contributed by atoms with E-state index in [9.17, 15) is 9.59 Å². The van der Waals surface area contributed by atoms with Crippen LogP contribution in [0.2, 0.25) is 0 Å². The summed E-state index contributed by atoms with van der Waals surface area (Å²) in [5.74, 6) is 4.71. The van der Waals surface area contributed by atoms with Crippen LogP contribution in [0.5, 0.6) is 0 Å². The molecule has 3 N–H and O–H groups in total. The van der Waals surface area contributed by atoms with Gasteiger partial charge in [0.15, 0.2) is 0 Å². The lowest BCUT2D eigenvalue weighted by atomic mass is 10.1. The zero-order valence-electron chi connectivity index (χ0n) is 9.97. The monoisotopic (exact) mass is 321 g/mol. The number of halogens is 1. The molecule has 1 aromatic carbocycles. The highest BCUT2D eigenvalue weighted by Crippen LogP contribution is 2.08. The van der Waals surface area contributed by atoms with Crippen LogP contribution in [0.4, 0.5) is 0 Å². The highest BCUT2D eigenvalue weighted by molar-refractivity contribution is 9.10. The van der Waals surface area contributed by atoms with Crippen molar-refractivity contribution < 1.29 is 4.79 Å². The fraction of sp³-hybridized carbons (Fsp3) is 0.0769. The average Bonchev–Trinajstić information content (AvgIpc) is 2.43. The van der Waals surface area contributed by atoms with Crippen LogP contribution in [0.1, 0.15) is 15.9 Å². The molecule has 6 heteroatoms. The Morgan fingerprint density at radius 1 is 1.21 bits per heavy atom. The molecule has 0 atom stereocenters. The molecule has 0 saturated carbocycles. The molecule has 0 unspecified atom stereocenters. The Hall–Kier alpha value is -1.92. The first-order chi connectivity index (χ1) is 9.10. The number of amides is 1. The van der Waals surface area contributed by atoms with Crippen LogP contribution in [-0.4, -0.2) is 10.5 Å². The predicted molar refractivity (Wildman–Crippen MR) is 75.6 cm³/mol. The molecule has 0 bridgehead atoms. The smallest absolute Gasteiger partial charge is 0.265 e. The molecule has 1 amide bonds. The molecule has 0 aliphatic rings. The first kappa shape index (κ1) is 13.5. The van der Waals surface area contributed by atoms with Crippen LogP contribution in [0, 0.1) is 0 Å². The van der Waals surface area contributed by atoms with E-state index in [0.717, 1.165) is 10.0 Å².